The van der Waals surface area contributed by atoms with Crippen LogP contribution >= 0.6 is 0 Å². The molecule has 4 nitrogen and oxygen atoms in total. The van der Waals surface area contributed by atoms with Crippen molar-refractivity contribution < 1.29 is 14.3 Å². The maximum absolute atomic E-state index is 10.2. The van der Waals surface area contributed by atoms with Gasteiger partial charge in [-0.05, 0) is 68.4 Å². The first kappa shape index (κ1) is 14.7. The number of β-amino-alcohol motifs (C(OH)–C–C–N with tert-alkyl or cyclic N) is 1. The molecule has 0 amide bonds. The van der Waals surface area contributed by atoms with Crippen molar-refractivity contribution in [3.8, 4) is 0 Å². The standard InChI is InChI=1S/C18H27NO3/c20-16(11-21-12-17-2-1-3-22-17)10-19-18-7-13-4-14(8-18)6-15(5-13)9-18/h1-3,13-16,19-20H,4-12H2/t13?,14?,15?,16-,18?/m1/s1. The third-order valence-corrected chi connectivity index (χ3v) is 5.89. The zero-order chi connectivity index (χ0) is 15.0. The molecule has 2 N–H and O–H groups in total. The maximum Gasteiger partial charge on any atom is 0.129 e. The monoisotopic (exact) mass is 305 g/mol. The first-order valence-corrected chi connectivity index (χ1v) is 8.74. The molecule has 5 rings (SSSR count). The number of furan rings is 1. The van der Waals surface area contributed by atoms with Gasteiger partial charge in [0.2, 0.25) is 0 Å². The van der Waals surface area contributed by atoms with Crippen LogP contribution in [-0.4, -0.2) is 29.9 Å². The van der Waals surface area contributed by atoms with Crippen LogP contribution in [0.2, 0.25) is 0 Å². The molecule has 4 saturated carbocycles. The van der Waals surface area contributed by atoms with Gasteiger partial charge in [-0.1, -0.05) is 0 Å². The van der Waals surface area contributed by atoms with Crippen molar-refractivity contribution in [2.24, 2.45) is 17.8 Å². The summed E-state index contributed by atoms with van der Waals surface area (Å²) in [4.78, 5) is 0. The molecule has 0 spiro atoms. The molecule has 0 radical (unpaired) electrons. The molecule has 22 heavy (non-hydrogen) atoms. The largest absolute Gasteiger partial charge is 0.467 e. The molecule has 4 bridgehead atoms. The van der Waals surface area contributed by atoms with Crippen LogP contribution in [0.4, 0.5) is 0 Å². The second-order valence-electron chi connectivity index (χ2n) is 7.83. The lowest BCUT2D eigenvalue weighted by Crippen LogP contribution is -2.59. The smallest absolute Gasteiger partial charge is 0.129 e. The van der Waals surface area contributed by atoms with E-state index >= 15 is 0 Å². The Kier molecular flexibility index (Phi) is 4.01. The summed E-state index contributed by atoms with van der Waals surface area (Å²) in [5, 5.41) is 13.9. The summed E-state index contributed by atoms with van der Waals surface area (Å²) >= 11 is 0. The quantitative estimate of drug-likeness (QED) is 0.813. The molecular formula is C18H27NO3. The molecule has 1 heterocycles. The van der Waals surface area contributed by atoms with E-state index in [0.717, 1.165) is 23.5 Å². The topological polar surface area (TPSA) is 54.6 Å². The lowest BCUT2D eigenvalue weighted by molar-refractivity contribution is -0.0324. The highest BCUT2D eigenvalue weighted by atomic mass is 16.5. The Labute approximate surface area is 132 Å². The third kappa shape index (κ3) is 3.10. The molecule has 1 atom stereocenters. The minimum absolute atomic E-state index is 0.316. The van der Waals surface area contributed by atoms with Crippen LogP contribution in [0, 0.1) is 17.8 Å². The Morgan fingerprint density at radius 2 is 1.91 bits per heavy atom. The van der Waals surface area contributed by atoms with Crippen LogP contribution in [0.3, 0.4) is 0 Å². The van der Waals surface area contributed by atoms with E-state index in [-0.39, 0.29) is 0 Å². The molecule has 0 unspecified atom stereocenters. The zero-order valence-corrected chi connectivity index (χ0v) is 13.2. The molecule has 4 aliphatic carbocycles. The highest BCUT2D eigenvalue weighted by Gasteiger charge is 2.50. The average molecular weight is 305 g/mol. The summed E-state index contributed by atoms with van der Waals surface area (Å²) < 4.78 is 10.7. The average Bonchev–Trinajstić information content (AvgIpc) is 2.97. The van der Waals surface area contributed by atoms with Gasteiger partial charge >= 0.3 is 0 Å². The first-order valence-electron chi connectivity index (χ1n) is 8.74. The van der Waals surface area contributed by atoms with Gasteiger partial charge in [0, 0.05) is 12.1 Å². The predicted octanol–water partition coefficient (Wildman–Crippen LogP) is 2.72. The van der Waals surface area contributed by atoms with Gasteiger partial charge in [0.15, 0.2) is 0 Å². The molecule has 0 aliphatic heterocycles. The fraction of sp³-hybridized carbons (Fsp3) is 0.778. The van der Waals surface area contributed by atoms with E-state index < -0.39 is 6.10 Å². The van der Waals surface area contributed by atoms with Gasteiger partial charge in [-0.15, -0.1) is 0 Å². The SMILES string of the molecule is O[C@H](CNC12CC3CC(CC(C3)C1)C2)COCc1ccco1. The number of aliphatic hydroxyl groups is 1. The predicted molar refractivity (Wildman–Crippen MR) is 83.3 cm³/mol. The van der Waals surface area contributed by atoms with Crippen LogP contribution in [0.15, 0.2) is 22.8 Å². The van der Waals surface area contributed by atoms with E-state index in [2.05, 4.69) is 5.32 Å². The Bertz CT molecular complexity index is 449. The van der Waals surface area contributed by atoms with Gasteiger partial charge < -0.3 is 19.6 Å². The summed E-state index contributed by atoms with van der Waals surface area (Å²) in [7, 11) is 0. The Balaban J connectivity index is 1.22. The summed E-state index contributed by atoms with van der Waals surface area (Å²) in [6.07, 6.45) is 9.52. The highest BCUT2D eigenvalue weighted by molar-refractivity contribution is 5.06. The van der Waals surface area contributed by atoms with Crippen LogP contribution in [0.1, 0.15) is 44.3 Å². The third-order valence-electron chi connectivity index (χ3n) is 5.89. The number of nitrogens with one attached hydrogen (secondary N) is 1. The fourth-order valence-corrected chi connectivity index (χ4v) is 5.41. The fourth-order valence-electron chi connectivity index (χ4n) is 5.41. The molecule has 4 fully saturated rings. The minimum atomic E-state index is -0.442. The second-order valence-corrected chi connectivity index (χ2v) is 7.83. The number of rotatable bonds is 7. The normalized spacial score (nSPS) is 37.6. The van der Waals surface area contributed by atoms with E-state index in [1.807, 2.05) is 12.1 Å². The van der Waals surface area contributed by atoms with E-state index in [9.17, 15) is 5.11 Å². The number of hydrogen-bond acceptors (Lipinski definition) is 4. The van der Waals surface area contributed by atoms with Gasteiger partial charge in [0.05, 0.1) is 19.0 Å². The van der Waals surface area contributed by atoms with Crippen molar-refractivity contribution >= 4 is 0 Å². The molecule has 1 aromatic heterocycles. The van der Waals surface area contributed by atoms with E-state index in [0.29, 0.717) is 25.3 Å². The van der Waals surface area contributed by atoms with E-state index in [4.69, 9.17) is 9.15 Å². The summed E-state index contributed by atoms with van der Waals surface area (Å²) in [5.74, 6) is 3.62. The minimum Gasteiger partial charge on any atom is -0.467 e. The molecule has 1 aromatic rings. The highest BCUT2D eigenvalue weighted by Crippen LogP contribution is 2.55. The summed E-state index contributed by atoms with van der Waals surface area (Å²) in [6, 6.07) is 3.74. The van der Waals surface area contributed by atoms with Crippen molar-refractivity contribution in [3.05, 3.63) is 24.2 Å². The zero-order valence-electron chi connectivity index (χ0n) is 13.2. The lowest BCUT2D eigenvalue weighted by atomic mass is 9.53. The Hall–Kier alpha value is -0.840. The molecule has 0 aromatic carbocycles. The molecule has 0 saturated heterocycles. The van der Waals surface area contributed by atoms with E-state index in [1.54, 1.807) is 6.26 Å². The molecule has 122 valence electrons. The molecular weight excluding hydrogens is 278 g/mol. The maximum atomic E-state index is 10.2. The van der Waals surface area contributed by atoms with Crippen molar-refractivity contribution in [2.45, 2.75) is 56.8 Å². The van der Waals surface area contributed by atoms with Crippen LogP contribution in [0.25, 0.3) is 0 Å². The van der Waals surface area contributed by atoms with Gasteiger partial charge in [-0.2, -0.15) is 0 Å². The first-order chi connectivity index (χ1) is 10.7. The van der Waals surface area contributed by atoms with Crippen molar-refractivity contribution in [2.75, 3.05) is 13.2 Å². The van der Waals surface area contributed by atoms with Crippen LogP contribution < -0.4 is 5.32 Å². The van der Waals surface area contributed by atoms with Gasteiger partial charge in [0.25, 0.3) is 0 Å². The Morgan fingerprint density at radius 1 is 1.23 bits per heavy atom. The second kappa shape index (κ2) is 5.99. The lowest BCUT2D eigenvalue weighted by Gasteiger charge is -2.57. The van der Waals surface area contributed by atoms with Gasteiger partial charge in [0.1, 0.15) is 12.4 Å². The number of aliphatic hydroxyl groups excluding tert-OH is 1. The molecule has 4 heteroatoms. The van der Waals surface area contributed by atoms with Crippen molar-refractivity contribution in [1.82, 2.24) is 5.32 Å². The van der Waals surface area contributed by atoms with Crippen LogP contribution in [-0.2, 0) is 11.3 Å². The van der Waals surface area contributed by atoms with Crippen molar-refractivity contribution in [1.29, 1.82) is 0 Å². The summed E-state index contributed by atoms with van der Waals surface area (Å²) in [5.41, 5.74) is 0.316. The van der Waals surface area contributed by atoms with E-state index in [1.165, 1.54) is 38.5 Å². The number of hydrogen-bond donors (Lipinski definition) is 2. The number of ether oxygens (including phenoxy) is 1. The molecule has 4 aliphatic rings. The van der Waals surface area contributed by atoms with Gasteiger partial charge in [-0.25, -0.2) is 0 Å². The summed E-state index contributed by atoms with van der Waals surface area (Å²) in [6.45, 7) is 1.44. The van der Waals surface area contributed by atoms with Crippen LogP contribution in [0.5, 0.6) is 0 Å². The van der Waals surface area contributed by atoms with Crippen molar-refractivity contribution in [3.63, 3.8) is 0 Å². The van der Waals surface area contributed by atoms with Gasteiger partial charge in [-0.3, -0.25) is 0 Å². The Morgan fingerprint density at radius 3 is 2.50 bits per heavy atom.